The molecule has 0 aliphatic heterocycles. The van der Waals surface area contributed by atoms with E-state index >= 15 is 0 Å². The van der Waals surface area contributed by atoms with Crippen molar-refractivity contribution in [2.24, 2.45) is 11.7 Å². The van der Waals surface area contributed by atoms with Gasteiger partial charge in [0.1, 0.15) is 11.8 Å². The molecule has 0 amide bonds. The lowest BCUT2D eigenvalue weighted by Gasteiger charge is -2.25. The molecular formula is C13H18F3N3. The van der Waals surface area contributed by atoms with E-state index in [0.29, 0.717) is 6.54 Å². The number of nitrogens with zero attached hydrogens (tertiary/aromatic N) is 1. The lowest BCUT2D eigenvalue weighted by Crippen LogP contribution is -2.42. The van der Waals surface area contributed by atoms with Gasteiger partial charge in [0.2, 0.25) is 0 Å². The minimum absolute atomic E-state index is 0.313. The minimum Gasteiger partial charge on any atom is -0.387 e. The highest BCUT2D eigenvalue weighted by Gasteiger charge is 2.42. The Hall–Kier alpha value is -1.56. The van der Waals surface area contributed by atoms with Crippen LogP contribution in [0.4, 0.5) is 13.2 Å². The summed E-state index contributed by atoms with van der Waals surface area (Å²) in [5, 5.41) is 7.05. The Morgan fingerprint density at radius 1 is 1.42 bits per heavy atom. The number of aryl methyl sites for hydroxylation is 1. The summed E-state index contributed by atoms with van der Waals surface area (Å²) < 4.78 is 38.1. The maximum atomic E-state index is 12.7. The van der Waals surface area contributed by atoms with Crippen molar-refractivity contribution in [3.05, 3.63) is 35.4 Å². The van der Waals surface area contributed by atoms with Crippen LogP contribution in [0.5, 0.6) is 0 Å². The summed E-state index contributed by atoms with van der Waals surface area (Å²) in [6.07, 6.45) is -4.48. The normalized spacial score (nSPS) is 13.6. The summed E-state index contributed by atoms with van der Waals surface area (Å²) in [6.45, 7) is 2.01. The first-order chi connectivity index (χ1) is 8.70. The zero-order chi connectivity index (χ0) is 14.6. The molecule has 1 rings (SSSR count). The number of nitrogens with one attached hydrogen (secondary N) is 1. The number of amidine groups is 1. The second-order valence-electron chi connectivity index (χ2n) is 4.74. The molecule has 3 N–H and O–H groups in total. The fraction of sp³-hybridized carbons (Fsp3) is 0.462. The van der Waals surface area contributed by atoms with Crippen molar-refractivity contribution in [3.63, 3.8) is 0 Å². The van der Waals surface area contributed by atoms with E-state index in [1.165, 1.54) is 4.90 Å². The molecule has 3 nitrogen and oxygen atoms in total. The topological polar surface area (TPSA) is 53.1 Å². The van der Waals surface area contributed by atoms with E-state index in [4.69, 9.17) is 11.1 Å². The molecule has 0 aliphatic carbocycles. The molecule has 0 saturated carbocycles. The van der Waals surface area contributed by atoms with Gasteiger partial charge in [0.15, 0.2) is 0 Å². The number of hydrogen-bond donors (Lipinski definition) is 2. The van der Waals surface area contributed by atoms with Crippen LogP contribution < -0.4 is 5.73 Å². The van der Waals surface area contributed by atoms with Crippen LogP contribution in [0.25, 0.3) is 0 Å². The van der Waals surface area contributed by atoms with Crippen LogP contribution in [0.15, 0.2) is 24.3 Å². The van der Waals surface area contributed by atoms with E-state index < -0.39 is 17.9 Å². The van der Waals surface area contributed by atoms with Crippen molar-refractivity contribution >= 4 is 5.84 Å². The minimum atomic E-state index is -4.48. The van der Waals surface area contributed by atoms with Gasteiger partial charge in [-0.15, -0.1) is 0 Å². The predicted molar refractivity (Wildman–Crippen MR) is 69.0 cm³/mol. The summed E-state index contributed by atoms with van der Waals surface area (Å²) in [4.78, 5) is 1.52. The molecule has 0 radical (unpaired) electrons. The molecule has 1 aromatic rings. The predicted octanol–water partition coefficient (Wildman–Crippen LogP) is 2.54. The van der Waals surface area contributed by atoms with Gasteiger partial charge < -0.3 is 10.6 Å². The van der Waals surface area contributed by atoms with Gasteiger partial charge in [-0.3, -0.25) is 5.41 Å². The molecule has 0 spiro atoms. The van der Waals surface area contributed by atoms with Crippen molar-refractivity contribution in [1.29, 1.82) is 5.41 Å². The lowest BCUT2D eigenvalue weighted by atomic mass is 10.1. The number of halogens is 3. The zero-order valence-corrected chi connectivity index (χ0v) is 11.0. The van der Waals surface area contributed by atoms with Crippen LogP contribution in [0.1, 0.15) is 11.1 Å². The Balaban J connectivity index is 2.68. The summed E-state index contributed by atoms with van der Waals surface area (Å²) in [7, 11) is 1.59. The maximum absolute atomic E-state index is 12.7. The average Bonchev–Trinajstić information content (AvgIpc) is 2.24. The van der Waals surface area contributed by atoms with Crippen LogP contribution in [-0.2, 0) is 6.54 Å². The van der Waals surface area contributed by atoms with E-state index in [0.717, 1.165) is 11.1 Å². The van der Waals surface area contributed by atoms with Gasteiger partial charge in [0.25, 0.3) is 0 Å². The van der Waals surface area contributed by atoms with E-state index in [2.05, 4.69) is 0 Å². The molecule has 0 bridgehead atoms. The molecule has 1 unspecified atom stereocenters. The fourth-order valence-electron chi connectivity index (χ4n) is 1.88. The Morgan fingerprint density at radius 3 is 2.53 bits per heavy atom. The Labute approximate surface area is 110 Å². The van der Waals surface area contributed by atoms with Crippen molar-refractivity contribution in [1.82, 2.24) is 4.90 Å². The van der Waals surface area contributed by atoms with Crippen LogP contribution in [0.2, 0.25) is 0 Å². The van der Waals surface area contributed by atoms with Crippen LogP contribution in [0, 0.1) is 18.3 Å². The van der Waals surface area contributed by atoms with E-state index in [-0.39, 0.29) is 6.54 Å². The summed E-state index contributed by atoms with van der Waals surface area (Å²) in [6, 6.07) is 7.58. The lowest BCUT2D eigenvalue weighted by molar-refractivity contribution is -0.159. The van der Waals surface area contributed by atoms with Crippen LogP contribution >= 0.6 is 0 Å². The number of nitrogens with two attached hydrogens (primary N) is 1. The molecule has 0 aromatic heterocycles. The summed E-state index contributed by atoms with van der Waals surface area (Å²) in [5.74, 6) is -2.76. The van der Waals surface area contributed by atoms with Gasteiger partial charge in [-0.25, -0.2) is 0 Å². The second-order valence-corrected chi connectivity index (χ2v) is 4.74. The van der Waals surface area contributed by atoms with Crippen LogP contribution in [0.3, 0.4) is 0 Å². The van der Waals surface area contributed by atoms with E-state index in [1.54, 1.807) is 7.05 Å². The number of rotatable bonds is 5. The summed E-state index contributed by atoms with van der Waals surface area (Å²) >= 11 is 0. The molecule has 1 aromatic carbocycles. The monoisotopic (exact) mass is 273 g/mol. The smallest absolute Gasteiger partial charge is 0.387 e. The first-order valence-corrected chi connectivity index (χ1v) is 5.85. The SMILES string of the molecule is Cc1cccc(CN(C)CC(C(=N)N)C(F)(F)F)c1. The molecule has 0 heterocycles. The standard InChI is InChI=1S/C13H18F3N3/c1-9-4-3-5-10(6-9)7-19(2)8-11(12(17)18)13(14,15)16/h3-6,11H,7-8H2,1-2H3,(H3,17,18). The van der Waals surface area contributed by atoms with Crippen LogP contribution in [-0.4, -0.2) is 30.5 Å². The molecule has 19 heavy (non-hydrogen) atoms. The number of alkyl halides is 3. The van der Waals surface area contributed by atoms with E-state index in [9.17, 15) is 13.2 Å². The number of hydrogen-bond acceptors (Lipinski definition) is 2. The molecular weight excluding hydrogens is 255 g/mol. The fourth-order valence-corrected chi connectivity index (χ4v) is 1.88. The van der Waals surface area contributed by atoms with Gasteiger partial charge in [0.05, 0.1) is 0 Å². The van der Waals surface area contributed by atoms with Gasteiger partial charge in [-0.2, -0.15) is 13.2 Å². The van der Waals surface area contributed by atoms with E-state index in [1.807, 2.05) is 31.2 Å². The maximum Gasteiger partial charge on any atom is 0.399 e. The van der Waals surface area contributed by atoms with Crippen molar-refractivity contribution in [2.75, 3.05) is 13.6 Å². The van der Waals surface area contributed by atoms with Gasteiger partial charge in [-0.05, 0) is 19.5 Å². The van der Waals surface area contributed by atoms with Crippen molar-refractivity contribution in [3.8, 4) is 0 Å². The average molecular weight is 273 g/mol. The van der Waals surface area contributed by atoms with Gasteiger partial charge in [0, 0.05) is 13.1 Å². The highest BCUT2D eigenvalue weighted by atomic mass is 19.4. The molecule has 0 saturated heterocycles. The van der Waals surface area contributed by atoms with Gasteiger partial charge >= 0.3 is 6.18 Å². The molecule has 106 valence electrons. The quantitative estimate of drug-likeness (QED) is 0.640. The highest BCUT2D eigenvalue weighted by Crippen LogP contribution is 2.27. The molecule has 0 fully saturated rings. The third kappa shape index (κ3) is 4.90. The first-order valence-electron chi connectivity index (χ1n) is 5.85. The third-order valence-electron chi connectivity index (χ3n) is 2.80. The molecule has 1 atom stereocenters. The van der Waals surface area contributed by atoms with Gasteiger partial charge in [-0.1, -0.05) is 29.8 Å². The zero-order valence-electron chi connectivity index (χ0n) is 11.0. The highest BCUT2D eigenvalue weighted by molar-refractivity contribution is 5.80. The largest absolute Gasteiger partial charge is 0.399 e. The molecule has 6 heteroatoms. The Morgan fingerprint density at radius 2 is 2.05 bits per heavy atom. The Kier molecular flexibility index (Phi) is 4.94. The second kappa shape index (κ2) is 6.06. The molecule has 0 aliphatic rings. The van der Waals surface area contributed by atoms with Crippen molar-refractivity contribution < 1.29 is 13.2 Å². The first kappa shape index (κ1) is 15.5. The third-order valence-corrected chi connectivity index (χ3v) is 2.80. The van der Waals surface area contributed by atoms with Crippen molar-refractivity contribution in [2.45, 2.75) is 19.6 Å². The Bertz CT molecular complexity index is 443. The summed E-state index contributed by atoms with van der Waals surface area (Å²) in [5.41, 5.74) is 7.02. The number of benzene rings is 1.